The predicted molar refractivity (Wildman–Crippen MR) is 119 cm³/mol. The fourth-order valence-electron chi connectivity index (χ4n) is 3.38. The van der Waals surface area contributed by atoms with Gasteiger partial charge >= 0.3 is 0 Å². The van der Waals surface area contributed by atoms with Gasteiger partial charge in [0.25, 0.3) is 0 Å². The third-order valence-corrected chi connectivity index (χ3v) is 5.08. The van der Waals surface area contributed by atoms with Crippen molar-refractivity contribution in [2.75, 3.05) is 6.61 Å². The van der Waals surface area contributed by atoms with Gasteiger partial charge in [0.2, 0.25) is 5.55 Å². The SMILES string of the molecule is CCOc1cccc2cc(-c3nc4ccccc4[nH]3)c(=Nc3ccccc3Cl)oc12. The molecule has 0 amide bonds. The number of para-hydroxylation sites is 4. The summed E-state index contributed by atoms with van der Waals surface area (Å²) in [6.07, 6.45) is 0. The van der Waals surface area contributed by atoms with Crippen LogP contribution < -0.4 is 10.3 Å². The third kappa shape index (κ3) is 3.33. The Morgan fingerprint density at radius 2 is 1.87 bits per heavy atom. The van der Waals surface area contributed by atoms with E-state index in [9.17, 15) is 0 Å². The molecular weight excluding hydrogens is 398 g/mol. The molecule has 0 aliphatic rings. The Labute approximate surface area is 177 Å². The molecule has 0 aliphatic carbocycles. The number of benzene rings is 3. The van der Waals surface area contributed by atoms with Gasteiger partial charge in [0, 0.05) is 5.39 Å². The van der Waals surface area contributed by atoms with Gasteiger partial charge in [-0.1, -0.05) is 48.0 Å². The van der Waals surface area contributed by atoms with Crippen molar-refractivity contribution in [3.63, 3.8) is 0 Å². The summed E-state index contributed by atoms with van der Waals surface area (Å²) < 4.78 is 12.0. The lowest BCUT2D eigenvalue weighted by Crippen LogP contribution is -2.07. The first-order chi connectivity index (χ1) is 14.7. The first-order valence-electron chi connectivity index (χ1n) is 9.67. The first kappa shape index (κ1) is 18.5. The minimum Gasteiger partial charge on any atom is -0.490 e. The number of aromatic nitrogens is 2. The number of hydrogen-bond acceptors (Lipinski definition) is 4. The van der Waals surface area contributed by atoms with E-state index in [1.54, 1.807) is 6.07 Å². The maximum absolute atomic E-state index is 6.35. The number of fused-ring (bicyclic) bond motifs is 2. The number of imidazole rings is 1. The molecule has 30 heavy (non-hydrogen) atoms. The second-order valence-electron chi connectivity index (χ2n) is 6.74. The molecule has 1 N–H and O–H groups in total. The average Bonchev–Trinajstić information content (AvgIpc) is 3.20. The zero-order valence-corrected chi connectivity index (χ0v) is 17.0. The molecule has 0 saturated heterocycles. The van der Waals surface area contributed by atoms with E-state index in [0.717, 1.165) is 22.0 Å². The summed E-state index contributed by atoms with van der Waals surface area (Å²) in [5, 5.41) is 1.44. The minimum atomic E-state index is 0.404. The lowest BCUT2D eigenvalue weighted by atomic mass is 10.1. The molecule has 2 aromatic heterocycles. The summed E-state index contributed by atoms with van der Waals surface area (Å²) in [5.74, 6) is 1.34. The fraction of sp³-hybridized carbons (Fsp3) is 0.0833. The molecular formula is C24H18ClN3O2. The monoisotopic (exact) mass is 415 g/mol. The average molecular weight is 416 g/mol. The molecule has 5 aromatic rings. The van der Waals surface area contributed by atoms with Crippen LogP contribution in [0.25, 0.3) is 33.4 Å². The van der Waals surface area contributed by atoms with Gasteiger partial charge in [-0.05, 0) is 43.3 Å². The minimum absolute atomic E-state index is 0.404. The smallest absolute Gasteiger partial charge is 0.231 e. The standard InChI is InChI=1S/C24H18ClN3O2/c1-2-29-21-13-7-8-15-14-16(23-26-19-11-5-6-12-20(19)27-23)24(30-22(15)21)28-18-10-4-3-9-17(18)25/h3-14H,2H2,1H3,(H,26,27). The number of rotatable bonds is 4. The van der Waals surface area contributed by atoms with E-state index >= 15 is 0 Å². The normalized spacial score (nSPS) is 12.0. The lowest BCUT2D eigenvalue weighted by Gasteiger charge is -2.08. The van der Waals surface area contributed by atoms with Crippen LogP contribution in [0.5, 0.6) is 5.75 Å². The maximum Gasteiger partial charge on any atom is 0.231 e. The molecule has 5 nitrogen and oxygen atoms in total. The summed E-state index contributed by atoms with van der Waals surface area (Å²) in [6, 6.07) is 23.1. The summed E-state index contributed by atoms with van der Waals surface area (Å²) in [4.78, 5) is 12.8. The number of aromatic amines is 1. The predicted octanol–water partition coefficient (Wildman–Crippen LogP) is 6.26. The lowest BCUT2D eigenvalue weighted by molar-refractivity contribution is 0.337. The van der Waals surface area contributed by atoms with Crippen molar-refractivity contribution in [1.29, 1.82) is 0 Å². The molecule has 0 unspecified atom stereocenters. The number of H-pyrrole nitrogens is 1. The number of halogens is 1. The number of ether oxygens (including phenoxy) is 1. The Kier molecular flexibility index (Phi) is 4.73. The Bertz CT molecular complexity index is 1400. The first-order valence-corrected chi connectivity index (χ1v) is 10.0. The Morgan fingerprint density at radius 3 is 2.70 bits per heavy atom. The van der Waals surface area contributed by atoms with Gasteiger partial charge in [0.1, 0.15) is 5.82 Å². The Hall–Kier alpha value is -3.57. The Morgan fingerprint density at radius 1 is 1.03 bits per heavy atom. The van der Waals surface area contributed by atoms with E-state index in [2.05, 4.69) is 4.98 Å². The molecule has 0 saturated carbocycles. The summed E-state index contributed by atoms with van der Waals surface area (Å²) in [7, 11) is 0. The third-order valence-electron chi connectivity index (χ3n) is 4.76. The van der Waals surface area contributed by atoms with Crippen LogP contribution in [0.15, 0.2) is 82.2 Å². The number of hydrogen-bond donors (Lipinski definition) is 1. The van der Waals surface area contributed by atoms with Crippen molar-refractivity contribution >= 4 is 39.3 Å². The van der Waals surface area contributed by atoms with Gasteiger partial charge in [-0.15, -0.1) is 0 Å². The van der Waals surface area contributed by atoms with Crippen LogP contribution in [-0.2, 0) is 0 Å². The molecule has 148 valence electrons. The van der Waals surface area contributed by atoms with Crippen molar-refractivity contribution in [2.45, 2.75) is 6.92 Å². The van der Waals surface area contributed by atoms with Gasteiger partial charge in [-0.3, -0.25) is 0 Å². The largest absolute Gasteiger partial charge is 0.490 e. The van der Waals surface area contributed by atoms with E-state index in [1.165, 1.54) is 0 Å². The fourth-order valence-corrected chi connectivity index (χ4v) is 3.56. The number of nitrogens with zero attached hydrogens (tertiary/aromatic N) is 2. The highest BCUT2D eigenvalue weighted by Gasteiger charge is 2.14. The molecule has 0 bridgehead atoms. The van der Waals surface area contributed by atoms with Crippen LogP contribution >= 0.6 is 11.6 Å². The van der Waals surface area contributed by atoms with E-state index in [0.29, 0.717) is 40.0 Å². The van der Waals surface area contributed by atoms with E-state index in [-0.39, 0.29) is 0 Å². The van der Waals surface area contributed by atoms with Gasteiger partial charge in [-0.25, -0.2) is 9.98 Å². The highest BCUT2D eigenvalue weighted by molar-refractivity contribution is 6.32. The van der Waals surface area contributed by atoms with Crippen molar-refractivity contribution in [2.24, 2.45) is 4.99 Å². The second kappa shape index (κ2) is 7.69. The van der Waals surface area contributed by atoms with E-state index < -0.39 is 0 Å². The molecule has 0 fully saturated rings. The van der Waals surface area contributed by atoms with Crippen LogP contribution in [0.1, 0.15) is 6.92 Å². The molecule has 5 rings (SSSR count). The van der Waals surface area contributed by atoms with Crippen LogP contribution in [0.4, 0.5) is 5.69 Å². The topological polar surface area (TPSA) is 63.4 Å². The van der Waals surface area contributed by atoms with Crippen molar-refractivity contribution in [3.8, 4) is 17.1 Å². The molecule has 2 heterocycles. The zero-order valence-electron chi connectivity index (χ0n) is 16.2. The molecule has 0 atom stereocenters. The highest BCUT2D eigenvalue weighted by atomic mass is 35.5. The summed E-state index contributed by atoms with van der Waals surface area (Å²) >= 11 is 6.35. The quantitative estimate of drug-likeness (QED) is 0.376. The van der Waals surface area contributed by atoms with Crippen molar-refractivity contribution in [1.82, 2.24) is 9.97 Å². The summed E-state index contributed by atoms with van der Waals surface area (Å²) in [5.41, 5.74) is 4.21. The second-order valence-corrected chi connectivity index (χ2v) is 7.15. The molecule has 0 spiro atoms. The molecule has 0 aliphatic heterocycles. The zero-order chi connectivity index (χ0) is 20.5. The van der Waals surface area contributed by atoms with E-state index in [4.69, 9.17) is 30.7 Å². The van der Waals surface area contributed by atoms with Gasteiger partial charge in [-0.2, -0.15) is 0 Å². The Balaban J connectivity index is 1.83. The van der Waals surface area contributed by atoms with Crippen LogP contribution in [0.2, 0.25) is 5.02 Å². The molecule has 3 aromatic carbocycles. The van der Waals surface area contributed by atoms with Crippen LogP contribution in [0, 0.1) is 0 Å². The summed E-state index contributed by atoms with van der Waals surface area (Å²) in [6.45, 7) is 2.48. The molecule has 6 heteroatoms. The van der Waals surface area contributed by atoms with E-state index in [1.807, 2.05) is 73.7 Å². The highest BCUT2D eigenvalue weighted by Crippen LogP contribution is 2.29. The molecule has 0 radical (unpaired) electrons. The van der Waals surface area contributed by atoms with Gasteiger partial charge < -0.3 is 14.1 Å². The van der Waals surface area contributed by atoms with Gasteiger partial charge in [0.05, 0.1) is 33.9 Å². The van der Waals surface area contributed by atoms with Crippen molar-refractivity contribution in [3.05, 3.63) is 83.4 Å². The van der Waals surface area contributed by atoms with Gasteiger partial charge in [0.15, 0.2) is 11.3 Å². The number of nitrogens with one attached hydrogen (secondary N) is 1. The van der Waals surface area contributed by atoms with Crippen molar-refractivity contribution < 1.29 is 9.15 Å². The van der Waals surface area contributed by atoms with Crippen LogP contribution in [-0.4, -0.2) is 16.6 Å². The van der Waals surface area contributed by atoms with Crippen LogP contribution in [0.3, 0.4) is 0 Å². The maximum atomic E-state index is 6.35.